The summed E-state index contributed by atoms with van der Waals surface area (Å²) in [5.74, 6) is -0.508. The molecule has 5 heteroatoms. The van der Waals surface area contributed by atoms with Crippen LogP contribution in [-0.4, -0.2) is 11.0 Å². The molecule has 1 aromatic rings. The number of nitriles is 2. The second-order valence-corrected chi connectivity index (χ2v) is 5.05. The van der Waals surface area contributed by atoms with Crippen molar-refractivity contribution in [3.05, 3.63) is 23.8 Å². The van der Waals surface area contributed by atoms with Gasteiger partial charge in [-0.2, -0.15) is 10.5 Å². The molecular weight excluding hydrogens is 254 g/mol. The van der Waals surface area contributed by atoms with Crippen LogP contribution >= 0.6 is 0 Å². The molecule has 1 aliphatic rings. The monoisotopic (exact) mass is 269 g/mol. The fraction of sp³-hybridized carbons (Fsp3) is 0.400. The summed E-state index contributed by atoms with van der Waals surface area (Å²) in [6.07, 6.45) is 3.81. The zero-order valence-corrected chi connectivity index (χ0v) is 11.0. The van der Waals surface area contributed by atoms with Gasteiger partial charge in [0.15, 0.2) is 0 Å². The van der Waals surface area contributed by atoms with Gasteiger partial charge in [-0.25, -0.2) is 0 Å². The SMILES string of the molecule is N#Cc1ccc(O)c(NC(=O)C2(C#N)CCCCC2)c1. The Morgan fingerprint density at radius 3 is 2.55 bits per heavy atom. The summed E-state index contributed by atoms with van der Waals surface area (Å²) in [7, 11) is 0. The Hall–Kier alpha value is -2.53. The molecule has 0 aromatic heterocycles. The number of anilines is 1. The van der Waals surface area contributed by atoms with Crippen LogP contribution in [0.2, 0.25) is 0 Å². The largest absolute Gasteiger partial charge is 0.506 e. The molecule has 2 N–H and O–H groups in total. The average Bonchev–Trinajstić information content (AvgIpc) is 2.50. The van der Waals surface area contributed by atoms with Gasteiger partial charge in [0, 0.05) is 0 Å². The lowest BCUT2D eigenvalue weighted by molar-refractivity contribution is -0.124. The molecule has 1 fully saturated rings. The van der Waals surface area contributed by atoms with Gasteiger partial charge in [-0.1, -0.05) is 19.3 Å². The molecule has 0 atom stereocenters. The van der Waals surface area contributed by atoms with E-state index in [0.717, 1.165) is 19.3 Å². The van der Waals surface area contributed by atoms with Gasteiger partial charge in [0.1, 0.15) is 11.2 Å². The van der Waals surface area contributed by atoms with Gasteiger partial charge in [-0.15, -0.1) is 0 Å². The van der Waals surface area contributed by atoms with Crippen LogP contribution < -0.4 is 5.32 Å². The van der Waals surface area contributed by atoms with E-state index >= 15 is 0 Å². The molecule has 2 rings (SSSR count). The minimum atomic E-state index is -1.02. The lowest BCUT2D eigenvalue weighted by Crippen LogP contribution is -2.36. The van der Waals surface area contributed by atoms with E-state index < -0.39 is 11.3 Å². The summed E-state index contributed by atoms with van der Waals surface area (Å²) in [6, 6.07) is 8.29. The third kappa shape index (κ3) is 2.57. The highest BCUT2D eigenvalue weighted by molar-refractivity contribution is 5.98. The summed E-state index contributed by atoms with van der Waals surface area (Å²) in [4.78, 5) is 12.3. The van der Waals surface area contributed by atoms with Gasteiger partial charge in [0.2, 0.25) is 5.91 Å². The molecule has 20 heavy (non-hydrogen) atoms. The van der Waals surface area contributed by atoms with Crippen molar-refractivity contribution in [2.45, 2.75) is 32.1 Å². The summed E-state index contributed by atoms with van der Waals surface area (Å²) in [5.41, 5.74) is -0.505. The number of nitrogens with one attached hydrogen (secondary N) is 1. The number of phenolic OH excluding ortho intramolecular Hbond substituents is 1. The minimum absolute atomic E-state index is 0.110. The van der Waals surface area contributed by atoms with Crippen LogP contribution in [0.1, 0.15) is 37.7 Å². The van der Waals surface area contributed by atoms with E-state index in [1.54, 1.807) is 0 Å². The third-order valence-corrected chi connectivity index (χ3v) is 3.73. The molecular formula is C15H15N3O2. The third-order valence-electron chi connectivity index (χ3n) is 3.73. The molecule has 102 valence electrons. The number of hydrogen-bond acceptors (Lipinski definition) is 4. The summed E-state index contributed by atoms with van der Waals surface area (Å²) in [5, 5.41) is 30.5. The van der Waals surface area contributed by atoms with Crippen LogP contribution in [0.5, 0.6) is 5.75 Å². The van der Waals surface area contributed by atoms with E-state index in [0.29, 0.717) is 18.4 Å². The van der Waals surface area contributed by atoms with Crippen molar-refractivity contribution in [3.8, 4) is 17.9 Å². The molecule has 0 spiro atoms. The van der Waals surface area contributed by atoms with Gasteiger partial charge in [-0.3, -0.25) is 4.79 Å². The van der Waals surface area contributed by atoms with Crippen molar-refractivity contribution >= 4 is 11.6 Å². The molecule has 0 aliphatic heterocycles. The number of carbonyl (C=O) groups is 1. The van der Waals surface area contributed by atoms with Gasteiger partial charge >= 0.3 is 0 Å². The van der Waals surface area contributed by atoms with E-state index in [1.165, 1.54) is 18.2 Å². The smallest absolute Gasteiger partial charge is 0.244 e. The molecule has 1 amide bonds. The van der Waals surface area contributed by atoms with Crippen LogP contribution in [0.15, 0.2) is 18.2 Å². The fourth-order valence-corrected chi connectivity index (χ4v) is 2.49. The van der Waals surface area contributed by atoms with Crippen LogP contribution in [0.25, 0.3) is 0 Å². The highest BCUT2D eigenvalue weighted by Crippen LogP contribution is 2.37. The Morgan fingerprint density at radius 1 is 1.25 bits per heavy atom. The van der Waals surface area contributed by atoms with E-state index in [-0.39, 0.29) is 11.4 Å². The first-order chi connectivity index (χ1) is 9.61. The first-order valence-corrected chi connectivity index (χ1v) is 6.57. The second kappa shape index (κ2) is 5.63. The predicted molar refractivity (Wildman–Crippen MR) is 72.6 cm³/mol. The highest BCUT2D eigenvalue weighted by atomic mass is 16.3. The number of rotatable bonds is 2. The molecule has 1 saturated carbocycles. The number of amides is 1. The average molecular weight is 269 g/mol. The maximum atomic E-state index is 12.3. The maximum Gasteiger partial charge on any atom is 0.244 e. The van der Waals surface area contributed by atoms with Crippen LogP contribution in [0.4, 0.5) is 5.69 Å². The van der Waals surface area contributed by atoms with Crippen molar-refractivity contribution in [2.24, 2.45) is 5.41 Å². The lowest BCUT2D eigenvalue weighted by Gasteiger charge is -2.29. The Labute approximate surface area is 117 Å². The predicted octanol–water partition coefficient (Wildman–Crippen LogP) is 2.68. The zero-order chi connectivity index (χ0) is 14.6. The Morgan fingerprint density at radius 2 is 1.95 bits per heavy atom. The number of carbonyl (C=O) groups excluding carboxylic acids is 1. The molecule has 5 nitrogen and oxygen atoms in total. The first-order valence-electron chi connectivity index (χ1n) is 6.57. The normalized spacial score (nSPS) is 16.7. The zero-order valence-electron chi connectivity index (χ0n) is 11.0. The van der Waals surface area contributed by atoms with E-state index in [4.69, 9.17) is 5.26 Å². The van der Waals surface area contributed by atoms with Gasteiger partial charge in [0.05, 0.1) is 23.4 Å². The second-order valence-electron chi connectivity index (χ2n) is 5.05. The van der Waals surface area contributed by atoms with E-state index in [1.807, 2.05) is 6.07 Å². The molecule has 1 aromatic carbocycles. The quantitative estimate of drug-likeness (QED) is 0.806. The lowest BCUT2D eigenvalue weighted by atomic mass is 9.74. The minimum Gasteiger partial charge on any atom is -0.506 e. The van der Waals surface area contributed by atoms with Gasteiger partial charge < -0.3 is 10.4 Å². The van der Waals surface area contributed by atoms with Crippen LogP contribution in [0, 0.1) is 28.1 Å². The van der Waals surface area contributed by atoms with Crippen molar-refractivity contribution in [2.75, 3.05) is 5.32 Å². The number of nitrogens with zero attached hydrogens (tertiary/aromatic N) is 2. The topological polar surface area (TPSA) is 96.9 Å². The highest BCUT2D eigenvalue weighted by Gasteiger charge is 2.40. The molecule has 0 saturated heterocycles. The van der Waals surface area contributed by atoms with Gasteiger partial charge in [0.25, 0.3) is 0 Å². The van der Waals surface area contributed by atoms with Crippen molar-refractivity contribution < 1.29 is 9.90 Å². The standard InChI is InChI=1S/C15H15N3O2/c16-9-11-4-5-13(19)12(8-11)18-14(20)15(10-17)6-2-1-3-7-15/h4-5,8,19H,1-3,6-7H2,(H,18,20). The van der Waals surface area contributed by atoms with E-state index in [2.05, 4.69) is 11.4 Å². The summed E-state index contributed by atoms with van der Waals surface area (Å²) in [6.45, 7) is 0. The van der Waals surface area contributed by atoms with Gasteiger partial charge in [-0.05, 0) is 31.0 Å². The molecule has 0 heterocycles. The molecule has 0 radical (unpaired) electrons. The van der Waals surface area contributed by atoms with Crippen LogP contribution in [0.3, 0.4) is 0 Å². The Kier molecular flexibility index (Phi) is 3.91. The maximum absolute atomic E-state index is 12.3. The first kappa shape index (κ1) is 13.9. The van der Waals surface area contributed by atoms with E-state index in [9.17, 15) is 15.2 Å². The summed E-state index contributed by atoms with van der Waals surface area (Å²) < 4.78 is 0. The summed E-state index contributed by atoms with van der Waals surface area (Å²) >= 11 is 0. The number of aromatic hydroxyl groups is 1. The van der Waals surface area contributed by atoms with Crippen molar-refractivity contribution in [1.82, 2.24) is 0 Å². The number of benzene rings is 1. The molecule has 1 aliphatic carbocycles. The Bertz CT molecular complexity index is 605. The van der Waals surface area contributed by atoms with Crippen molar-refractivity contribution in [3.63, 3.8) is 0 Å². The Balaban J connectivity index is 2.23. The number of hydrogen-bond donors (Lipinski definition) is 2. The fourth-order valence-electron chi connectivity index (χ4n) is 2.49. The van der Waals surface area contributed by atoms with Crippen LogP contribution in [-0.2, 0) is 4.79 Å². The molecule has 0 bridgehead atoms. The number of phenols is 1. The molecule has 0 unspecified atom stereocenters. The van der Waals surface area contributed by atoms with Crippen molar-refractivity contribution in [1.29, 1.82) is 10.5 Å².